The largest absolute Gasteiger partial charge is 0.351 e. The molecule has 3 aromatic heterocycles. The molecule has 1 N–H and O–H groups in total. The quantitative estimate of drug-likeness (QED) is 0.705. The molecule has 23 heavy (non-hydrogen) atoms. The monoisotopic (exact) mass is 325 g/mol. The smallest absolute Gasteiger partial charge is 0.244 e. The van der Waals surface area contributed by atoms with Crippen LogP contribution in [-0.2, 0) is 11.3 Å². The van der Waals surface area contributed by atoms with E-state index in [4.69, 9.17) is 0 Å². The third kappa shape index (κ3) is 4.33. The van der Waals surface area contributed by atoms with Gasteiger partial charge in [0, 0.05) is 36.1 Å². The Bertz CT molecular complexity index is 780. The summed E-state index contributed by atoms with van der Waals surface area (Å²) in [5.41, 5.74) is 1.50. The number of amides is 1. The van der Waals surface area contributed by atoms with Crippen molar-refractivity contribution in [3.8, 4) is 11.4 Å². The van der Waals surface area contributed by atoms with Crippen LogP contribution in [-0.4, -0.2) is 32.2 Å². The molecule has 0 radical (unpaired) electrons. The maximum Gasteiger partial charge on any atom is 0.244 e. The lowest BCUT2D eigenvalue weighted by Gasteiger charge is -2.02. The van der Waals surface area contributed by atoms with Gasteiger partial charge in [0.15, 0.2) is 0 Å². The Balaban J connectivity index is 1.48. The standard InChI is InChI=1S/C16H15N5OS/c22-16(4-3-13-2-1-11-23-13)19-8-10-21-9-5-14(20-21)15-12-17-6-7-18-15/h1-7,9,11-12H,8,10H2,(H,19,22). The summed E-state index contributed by atoms with van der Waals surface area (Å²) in [6, 6.07) is 5.80. The third-order valence-corrected chi connectivity index (χ3v) is 3.89. The number of thiophene rings is 1. The van der Waals surface area contributed by atoms with Gasteiger partial charge in [-0.1, -0.05) is 6.07 Å². The molecular weight excluding hydrogens is 310 g/mol. The molecule has 0 aliphatic heterocycles. The van der Waals surface area contributed by atoms with Crippen molar-refractivity contribution in [2.45, 2.75) is 6.54 Å². The van der Waals surface area contributed by atoms with Crippen molar-refractivity contribution in [3.63, 3.8) is 0 Å². The second kappa shape index (κ2) is 7.46. The van der Waals surface area contributed by atoms with Crippen LogP contribution in [0.1, 0.15) is 4.88 Å². The molecule has 0 atom stereocenters. The molecular formula is C16H15N5OS. The first-order valence-electron chi connectivity index (χ1n) is 7.10. The molecule has 0 aliphatic rings. The van der Waals surface area contributed by atoms with E-state index in [1.807, 2.05) is 29.8 Å². The van der Waals surface area contributed by atoms with E-state index < -0.39 is 0 Å². The van der Waals surface area contributed by atoms with Crippen LogP contribution in [0.25, 0.3) is 17.5 Å². The minimum absolute atomic E-state index is 0.111. The van der Waals surface area contributed by atoms with E-state index in [1.165, 1.54) is 0 Å². The lowest BCUT2D eigenvalue weighted by atomic mass is 10.3. The van der Waals surface area contributed by atoms with Gasteiger partial charge in [-0.3, -0.25) is 19.4 Å². The van der Waals surface area contributed by atoms with Crippen LogP contribution in [0, 0.1) is 0 Å². The summed E-state index contributed by atoms with van der Waals surface area (Å²) >= 11 is 1.59. The molecule has 0 saturated heterocycles. The Morgan fingerprint density at radius 1 is 1.30 bits per heavy atom. The number of rotatable bonds is 6. The van der Waals surface area contributed by atoms with Crippen molar-refractivity contribution in [2.75, 3.05) is 6.54 Å². The van der Waals surface area contributed by atoms with Gasteiger partial charge in [-0.05, 0) is 23.6 Å². The zero-order valence-corrected chi connectivity index (χ0v) is 13.1. The molecule has 3 rings (SSSR count). The molecule has 6 nitrogen and oxygen atoms in total. The molecule has 3 aromatic rings. The lowest BCUT2D eigenvalue weighted by Crippen LogP contribution is -2.25. The summed E-state index contributed by atoms with van der Waals surface area (Å²) < 4.78 is 1.77. The van der Waals surface area contributed by atoms with Gasteiger partial charge in [0.25, 0.3) is 0 Å². The average molecular weight is 325 g/mol. The number of aromatic nitrogens is 4. The summed E-state index contributed by atoms with van der Waals surface area (Å²) in [5.74, 6) is -0.111. The topological polar surface area (TPSA) is 72.7 Å². The van der Waals surface area contributed by atoms with Gasteiger partial charge < -0.3 is 5.32 Å². The van der Waals surface area contributed by atoms with Crippen LogP contribution in [0.2, 0.25) is 0 Å². The minimum Gasteiger partial charge on any atom is -0.351 e. The van der Waals surface area contributed by atoms with Gasteiger partial charge in [0.2, 0.25) is 5.91 Å². The maximum atomic E-state index is 11.7. The fourth-order valence-electron chi connectivity index (χ4n) is 1.95. The molecule has 0 saturated carbocycles. The average Bonchev–Trinajstić information content (AvgIpc) is 3.26. The molecule has 0 aromatic carbocycles. The Labute approximate surface area is 137 Å². The van der Waals surface area contributed by atoms with Gasteiger partial charge in [0.05, 0.1) is 12.7 Å². The summed E-state index contributed by atoms with van der Waals surface area (Å²) in [6.45, 7) is 1.11. The molecule has 116 valence electrons. The summed E-state index contributed by atoms with van der Waals surface area (Å²) in [5, 5.41) is 9.22. The molecule has 0 bridgehead atoms. The molecule has 0 fully saturated rings. The molecule has 7 heteroatoms. The predicted molar refractivity (Wildman–Crippen MR) is 89.6 cm³/mol. The summed E-state index contributed by atoms with van der Waals surface area (Å²) in [4.78, 5) is 21.0. The summed E-state index contributed by atoms with van der Waals surface area (Å²) in [6.07, 6.45) is 10.1. The van der Waals surface area contributed by atoms with Crippen molar-refractivity contribution >= 4 is 23.3 Å². The van der Waals surface area contributed by atoms with E-state index in [1.54, 1.807) is 46.8 Å². The highest BCUT2D eigenvalue weighted by molar-refractivity contribution is 7.10. The van der Waals surface area contributed by atoms with E-state index in [-0.39, 0.29) is 5.91 Å². The molecule has 1 amide bonds. The van der Waals surface area contributed by atoms with Crippen LogP contribution in [0.15, 0.2) is 54.4 Å². The van der Waals surface area contributed by atoms with E-state index in [0.717, 1.165) is 16.3 Å². The highest BCUT2D eigenvalue weighted by Gasteiger charge is 2.03. The lowest BCUT2D eigenvalue weighted by molar-refractivity contribution is -0.116. The maximum absolute atomic E-state index is 11.7. The van der Waals surface area contributed by atoms with E-state index in [2.05, 4.69) is 20.4 Å². The minimum atomic E-state index is -0.111. The fraction of sp³-hybridized carbons (Fsp3) is 0.125. The first-order valence-corrected chi connectivity index (χ1v) is 7.98. The SMILES string of the molecule is O=C(C=Cc1cccs1)NCCn1ccc(-c2cnccn2)n1. The van der Waals surface area contributed by atoms with Crippen molar-refractivity contribution in [1.29, 1.82) is 0 Å². The Morgan fingerprint density at radius 2 is 2.26 bits per heavy atom. The number of carbonyl (C=O) groups is 1. The third-order valence-electron chi connectivity index (χ3n) is 3.05. The Morgan fingerprint density at radius 3 is 3.04 bits per heavy atom. The molecule has 0 aliphatic carbocycles. The normalized spacial score (nSPS) is 11.0. The molecule has 0 spiro atoms. The van der Waals surface area contributed by atoms with Crippen LogP contribution in [0.5, 0.6) is 0 Å². The molecule has 3 heterocycles. The first kappa shape index (κ1) is 15.1. The fourth-order valence-corrected chi connectivity index (χ4v) is 2.57. The van der Waals surface area contributed by atoms with Gasteiger partial charge >= 0.3 is 0 Å². The zero-order chi connectivity index (χ0) is 15.9. The van der Waals surface area contributed by atoms with Crippen molar-refractivity contribution < 1.29 is 4.79 Å². The number of hydrogen-bond acceptors (Lipinski definition) is 5. The van der Waals surface area contributed by atoms with Gasteiger partial charge in [-0.15, -0.1) is 11.3 Å². The number of carbonyl (C=O) groups excluding carboxylic acids is 1. The second-order valence-electron chi connectivity index (χ2n) is 4.69. The predicted octanol–water partition coefficient (Wildman–Crippen LogP) is 2.23. The first-order chi connectivity index (χ1) is 11.3. The Kier molecular flexibility index (Phi) is 4.90. The van der Waals surface area contributed by atoms with E-state index >= 15 is 0 Å². The van der Waals surface area contributed by atoms with Gasteiger partial charge in [-0.25, -0.2) is 0 Å². The number of nitrogens with zero attached hydrogens (tertiary/aromatic N) is 4. The number of nitrogens with one attached hydrogen (secondary N) is 1. The van der Waals surface area contributed by atoms with Gasteiger partial charge in [0.1, 0.15) is 11.4 Å². The zero-order valence-electron chi connectivity index (χ0n) is 12.3. The second-order valence-corrected chi connectivity index (χ2v) is 5.67. The Hall–Kier alpha value is -2.80. The van der Waals surface area contributed by atoms with Gasteiger partial charge in [-0.2, -0.15) is 5.10 Å². The van der Waals surface area contributed by atoms with Crippen molar-refractivity contribution in [3.05, 3.63) is 59.3 Å². The summed E-state index contributed by atoms with van der Waals surface area (Å²) in [7, 11) is 0. The van der Waals surface area contributed by atoms with Crippen molar-refractivity contribution in [1.82, 2.24) is 25.1 Å². The van der Waals surface area contributed by atoms with Crippen LogP contribution >= 0.6 is 11.3 Å². The highest BCUT2D eigenvalue weighted by Crippen LogP contribution is 2.11. The van der Waals surface area contributed by atoms with Crippen molar-refractivity contribution in [2.24, 2.45) is 0 Å². The number of hydrogen-bond donors (Lipinski definition) is 1. The highest BCUT2D eigenvalue weighted by atomic mass is 32.1. The van der Waals surface area contributed by atoms with Crippen LogP contribution in [0.4, 0.5) is 0 Å². The van der Waals surface area contributed by atoms with Crippen LogP contribution < -0.4 is 5.32 Å². The molecule has 0 unspecified atom stereocenters. The van der Waals surface area contributed by atoms with E-state index in [9.17, 15) is 4.79 Å². The van der Waals surface area contributed by atoms with Crippen LogP contribution in [0.3, 0.4) is 0 Å². The van der Waals surface area contributed by atoms with E-state index in [0.29, 0.717) is 13.1 Å².